The Morgan fingerprint density at radius 2 is 1.59 bits per heavy atom. The normalized spacial score (nSPS) is 18.9. The van der Waals surface area contributed by atoms with E-state index in [1.807, 2.05) is 0 Å². The predicted molar refractivity (Wildman–Crippen MR) is 109 cm³/mol. The second kappa shape index (κ2) is 10.2. The van der Waals surface area contributed by atoms with Crippen LogP contribution in [0.5, 0.6) is 0 Å². The Balaban J connectivity index is 1.47. The van der Waals surface area contributed by atoms with Crippen molar-refractivity contribution < 1.29 is 22.7 Å². The highest BCUT2D eigenvalue weighted by Gasteiger charge is 2.26. The molecule has 2 fully saturated rings. The van der Waals surface area contributed by atoms with E-state index in [0.717, 1.165) is 32.1 Å². The van der Waals surface area contributed by atoms with Crippen LogP contribution in [0.3, 0.4) is 0 Å². The lowest BCUT2D eigenvalue weighted by atomic mass is 9.89. The van der Waals surface area contributed by atoms with Crippen molar-refractivity contribution in [3.05, 3.63) is 29.8 Å². The summed E-state index contributed by atoms with van der Waals surface area (Å²) in [4.78, 5) is 24.2. The first-order valence-corrected chi connectivity index (χ1v) is 11.9. The number of nitrogens with one attached hydrogen (secondary N) is 1. The van der Waals surface area contributed by atoms with E-state index in [4.69, 9.17) is 4.74 Å². The Kier molecular flexibility index (Phi) is 7.66. The molecule has 1 aromatic rings. The van der Waals surface area contributed by atoms with E-state index < -0.39 is 16.0 Å². The fourth-order valence-electron chi connectivity index (χ4n) is 3.93. The third-order valence-corrected chi connectivity index (χ3v) is 7.60. The number of benzene rings is 1. The van der Waals surface area contributed by atoms with Crippen LogP contribution in [0.1, 0.15) is 61.7 Å². The number of nitrogens with zero attached hydrogens (tertiary/aromatic N) is 1. The fraction of sp³-hybridized carbons (Fsp3) is 0.619. The standard InChI is InChI=1S/C21H30N2O5S/c24-20(22-15-17-7-3-1-4-8-17)16-28-21(25)18-9-11-19(12-10-18)29(26,27)23-13-5-2-6-14-23/h9-12,17H,1-8,13-16H2,(H,22,24). The smallest absolute Gasteiger partial charge is 0.338 e. The summed E-state index contributed by atoms with van der Waals surface area (Å²) in [5.74, 6) is -0.439. The number of esters is 1. The monoisotopic (exact) mass is 422 g/mol. The first kappa shape index (κ1) is 21.8. The molecule has 0 bridgehead atoms. The minimum absolute atomic E-state index is 0.168. The van der Waals surface area contributed by atoms with E-state index >= 15 is 0 Å². The first-order chi connectivity index (χ1) is 14.0. The van der Waals surface area contributed by atoms with Gasteiger partial charge < -0.3 is 10.1 Å². The molecule has 0 unspecified atom stereocenters. The third-order valence-electron chi connectivity index (χ3n) is 5.69. The van der Waals surface area contributed by atoms with Crippen LogP contribution in [0, 0.1) is 5.92 Å². The van der Waals surface area contributed by atoms with Crippen molar-refractivity contribution in [2.24, 2.45) is 5.92 Å². The molecule has 3 rings (SSSR count). The lowest BCUT2D eigenvalue weighted by molar-refractivity contribution is -0.124. The molecule has 1 saturated heterocycles. The fourth-order valence-corrected chi connectivity index (χ4v) is 5.45. The molecular weight excluding hydrogens is 392 g/mol. The van der Waals surface area contributed by atoms with Gasteiger partial charge in [0.25, 0.3) is 5.91 Å². The van der Waals surface area contributed by atoms with E-state index in [2.05, 4.69) is 5.32 Å². The minimum Gasteiger partial charge on any atom is -0.452 e. The molecule has 160 valence electrons. The molecule has 1 N–H and O–H groups in total. The molecule has 0 atom stereocenters. The van der Waals surface area contributed by atoms with Gasteiger partial charge in [-0.25, -0.2) is 13.2 Å². The molecule has 0 spiro atoms. The number of sulfonamides is 1. The number of rotatable bonds is 7. The van der Waals surface area contributed by atoms with Gasteiger partial charge in [-0.15, -0.1) is 0 Å². The molecule has 1 amide bonds. The van der Waals surface area contributed by atoms with Crippen LogP contribution in [0.2, 0.25) is 0 Å². The van der Waals surface area contributed by atoms with E-state index in [1.54, 1.807) is 0 Å². The van der Waals surface area contributed by atoms with Gasteiger partial charge in [-0.1, -0.05) is 25.7 Å². The summed E-state index contributed by atoms with van der Waals surface area (Å²) in [5, 5.41) is 2.82. The highest BCUT2D eigenvalue weighted by molar-refractivity contribution is 7.89. The van der Waals surface area contributed by atoms with Gasteiger partial charge in [0.15, 0.2) is 6.61 Å². The van der Waals surface area contributed by atoms with E-state index in [-0.39, 0.29) is 23.0 Å². The van der Waals surface area contributed by atoms with E-state index in [1.165, 1.54) is 47.8 Å². The Morgan fingerprint density at radius 1 is 0.966 bits per heavy atom. The second-order valence-electron chi connectivity index (χ2n) is 7.87. The molecule has 1 aliphatic heterocycles. The third kappa shape index (κ3) is 6.02. The number of ether oxygens (including phenoxy) is 1. The average Bonchev–Trinajstić information content (AvgIpc) is 2.77. The van der Waals surface area contributed by atoms with Gasteiger partial charge in [-0.3, -0.25) is 4.79 Å². The number of amides is 1. The molecule has 1 heterocycles. The molecular formula is C21H30N2O5S. The summed E-state index contributed by atoms with van der Waals surface area (Å²) in [6, 6.07) is 5.70. The van der Waals surface area contributed by atoms with Crippen LogP contribution in [0.25, 0.3) is 0 Å². The highest BCUT2D eigenvalue weighted by Crippen LogP contribution is 2.23. The van der Waals surface area contributed by atoms with Gasteiger partial charge in [0.2, 0.25) is 10.0 Å². The van der Waals surface area contributed by atoms with Crippen LogP contribution in [0.4, 0.5) is 0 Å². The zero-order valence-corrected chi connectivity index (χ0v) is 17.6. The quantitative estimate of drug-likeness (QED) is 0.682. The van der Waals surface area contributed by atoms with Crippen LogP contribution < -0.4 is 5.32 Å². The number of piperidine rings is 1. The second-order valence-corrected chi connectivity index (χ2v) is 9.81. The molecule has 0 aromatic heterocycles. The predicted octanol–water partition coefficient (Wildman–Crippen LogP) is 2.71. The molecule has 0 radical (unpaired) electrons. The first-order valence-electron chi connectivity index (χ1n) is 10.5. The molecule has 8 heteroatoms. The molecule has 2 aliphatic rings. The van der Waals surface area contributed by atoms with E-state index in [0.29, 0.717) is 25.6 Å². The summed E-state index contributed by atoms with van der Waals surface area (Å²) in [5.41, 5.74) is 0.225. The van der Waals surface area contributed by atoms with Gasteiger partial charge in [0.05, 0.1) is 10.5 Å². The Morgan fingerprint density at radius 3 is 2.24 bits per heavy atom. The maximum Gasteiger partial charge on any atom is 0.338 e. The van der Waals surface area contributed by atoms with Gasteiger partial charge >= 0.3 is 5.97 Å². The zero-order chi connectivity index (χ0) is 20.7. The van der Waals surface area contributed by atoms with Crippen molar-refractivity contribution in [3.8, 4) is 0 Å². The van der Waals surface area contributed by atoms with Gasteiger partial charge in [-0.05, 0) is 55.9 Å². The Bertz CT molecular complexity index is 795. The summed E-state index contributed by atoms with van der Waals surface area (Å²) >= 11 is 0. The molecule has 1 aromatic carbocycles. The molecule has 1 aliphatic carbocycles. The number of carbonyl (C=O) groups excluding carboxylic acids is 2. The topological polar surface area (TPSA) is 92.8 Å². The van der Waals surface area contributed by atoms with Crippen molar-refractivity contribution in [1.82, 2.24) is 9.62 Å². The lowest BCUT2D eigenvalue weighted by Crippen LogP contribution is -2.35. The Hall–Kier alpha value is -1.93. The summed E-state index contributed by atoms with van der Waals surface area (Å²) in [6.45, 7) is 1.35. The number of carbonyl (C=O) groups is 2. The van der Waals surface area contributed by atoms with E-state index in [9.17, 15) is 18.0 Å². The van der Waals surface area contributed by atoms with Gasteiger partial charge in [0.1, 0.15) is 0 Å². The SMILES string of the molecule is O=C(COC(=O)c1ccc(S(=O)(=O)N2CCCCC2)cc1)NCC1CCCCC1. The largest absolute Gasteiger partial charge is 0.452 e. The zero-order valence-electron chi connectivity index (χ0n) is 16.8. The van der Waals surface area contributed by atoms with Gasteiger partial charge in [0, 0.05) is 19.6 Å². The van der Waals surface area contributed by atoms with Crippen molar-refractivity contribution >= 4 is 21.9 Å². The number of hydrogen-bond donors (Lipinski definition) is 1. The lowest BCUT2D eigenvalue weighted by Gasteiger charge is -2.25. The summed E-state index contributed by atoms with van der Waals surface area (Å²) in [7, 11) is -3.53. The minimum atomic E-state index is -3.53. The molecule has 7 nitrogen and oxygen atoms in total. The highest BCUT2D eigenvalue weighted by atomic mass is 32.2. The van der Waals surface area contributed by atoms with Crippen molar-refractivity contribution in [3.63, 3.8) is 0 Å². The molecule has 29 heavy (non-hydrogen) atoms. The average molecular weight is 423 g/mol. The van der Waals surface area contributed by atoms with Crippen LogP contribution >= 0.6 is 0 Å². The maximum absolute atomic E-state index is 12.6. The molecule has 1 saturated carbocycles. The van der Waals surface area contributed by atoms with Crippen LogP contribution in [-0.2, 0) is 19.6 Å². The number of hydrogen-bond acceptors (Lipinski definition) is 5. The van der Waals surface area contributed by atoms with Crippen molar-refractivity contribution in [2.75, 3.05) is 26.2 Å². The van der Waals surface area contributed by atoms with Crippen molar-refractivity contribution in [1.29, 1.82) is 0 Å². The van der Waals surface area contributed by atoms with Gasteiger partial charge in [-0.2, -0.15) is 4.31 Å². The summed E-state index contributed by atoms with van der Waals surface area (Å²) in [6.07, 6.45) is 8.72. The van der Waals surface area contributed by atoms with Crippen LogP contribution in [-0.4, -0.2) is 50.8 Å². The van der Waals surface area contributed by atoms with Crippen LogP contribution in [0.15, 0.2) is 29.2 Å². The Labute approximate surface area is 172 Å². The maximum atomic E-state index is 12.6. The van der Waals surface area contributed by atoms with Crippen molar-refractivity contribution in [2.45, 2.75) is 56.3 Å². The summed E-state index contributed by atoms with van der Waals surface area (Å²) < 4.78 is 31.8.